The number of aryl methyl sites for hydroxylation is 2. The SMILES string of the molecule is Cc1nn(C)c(NC(=O)CNCCCN2CCCC[C@H]2C)c1C(=O)c1ccccc1F. The maximum atomic E-state index is 14.1. The van der Waals surface area contributed by atoms with Gasteiger partial charge in [0, 0.05) is 13.1 Å². The lowest BCUT2D eigenvalue weighted by Gasteiger charge is -2.33. The molecule has 3 rings (SSSR count). The molecule has 1 atom stereocenters. The number of hydrogen-bond acceptors (Lipinski definition) is 5. The Labute approximate surface area is 183 Å². The van der Waals surface area contributed by atoms with E-state index in [0.29, 0.717) is 11.7 Å². The standard InChI is InChI=1S/C23H32FN5O2/c1-16-9-6-7-13-29(16)14-8-12-25-15-20(30)26-23-21(17(2)27-28(23)3)22(31)18-10-4-5-11-19(18)24/h4-5,10-11,16,25H,6-9,12-15H2,1-3H3,(H,26,30)/t16-/m1/s1. The van der Waals surface area contributed by atoms with Crippen LogP contribution < -0.4 is 10.6 Å². The van der Waals surface area contributed by atoms with Crippen LogP contribution in [0.4, 0.5) is 10.2 Å². The summed E-state index contributed by atoms with van der Waals surface area (Å²) in [5.74, 6) is -1.09. The van der Waals surface area contributed by atoms with Crippen LogP contribution in [0.1, 0.15) is 54.2 Å². The van der Waals surface area contributed by atoms with E-state index < -0.39 is 11.6 Å². The van der Waals surface area contributed by atoms with E-state index in [4.69, 9.17) is 0 Å². The van der Waals surface area contributed by atoms with Crippen molar-refractivity contribution < 1.29 is 14.0 Å². The van der Waals surface area contributed by atoms with Crippen molar-refractivity contribution in [2.75, 3.05) is 31.5 Å². The van der Waals surface area contributed by atoms with Gasteiger partial charge in [0.2, 0.25) is 11.7 Å². The number of nitrogens with one attached hydrogen (secondary N) is 2. The summed E-state index contributed by atoms with van der Waals surface area (Å²) in [6.45, 7) is 6.99. The molecule has 7 nitrogen and oxygen atoms in total. The van der Waals surface area contributed by atoms with Gasteiger partial charge in [-0.1, -0.05) is 18.6 Å². The molecule has 0 aliphatic carbocycles. The van der Waals surface area contributed by atoms with Crippen LogP contribution >= 0.6 is 0 Å². The second kappa shape index (κ2) is 10.6. The summed E-state index contributed by atoms with van der Waals surface area (Å²) in [5.41, 5.74) is 0.605. The van der Waals surface area contributed by atoms with Gasteiger partial charge in [-0.2, -0.15) is 5.10 Å². The minimum Gasteiger partial charge on any atom is -0.309 e. The fourth-order valence-electron chi connectivity index (χ4n) is 4.13. The molecule has 0 saturated carbocycles. The molecule has 1 amide bonds. The van der Waals surface area contributed by atoms with Crippen molar-refractivity contribution in [1.82, 2.24) is 20.0 Å². The smallest absolute Gasteiger partial charge is 0.239 e. The van der Waals surface area contributed by atoms with E-state index in [1.54, 1.807) is 20.0 Å². The Kier molecular flexibility index (Phi) is 7.92. The predicted molar refractivity (Wildman–Crippen MR) is 119 cm³/mol. The summed E-state index contributed by atoms with van der Waals surface area (Å²) in [6, 6.07) is 6.44. The van der Waals surface area contributed by atoms with Crippen LogP contribution in [-0.4, -0.2) is 58.6 Å². The molecule has 0 bridgehead atoms. The third kappa shape index (κ3) is 5.77. The monoisotopic (exact) mass is 429 g/mol. The minimum absolute atomic E-state index is 0.0424. The Bertz CT molecular complexity index is 927. The van der Waals surface area contributed by atoms with Crippen molar-refractivity contribution >= 4 is 17.5 Å². The minimum atomic E-state index is -0.599. The van der Waals surface area contributed by atoms with Crippen LogP contribution in [-0.2, 0) is 11.8 Å². The Balaban J connectivity index is 1.54. The summed E-state index contributed by atoms with van der Waals surface area (Å²) in [4.78, 5) is 27.9. The number of ketones is 1. The van der Waals surface area contributed by atoms with Gasteiger partial charge in [-0.15, -0.1) is 0 Å². The van der Waals surface area contributed by atoms with Crippen LogP contribution in [0.3, 0.4) is 0 Å². The zero-order valence-corrected chi connectivity index (χ0v) is 18.6. The summed E-state index contributed by atoms with van der Waals surface area (Å²) in [6.07, 6.45) is 4.80. The van der Waals surface area contributed by atoms with Gasteiger partial charge in [-0.05, 0) is 64.9 Å². The van der Waals surface area contributed by atoms with Crippen molar-refractivity contribution in [1.29, 1.82) is 0 Å². The Morgan fingerprint density at radius 3 is 2.77 bits per heavy atom. The highest BCUT2D eigenvalue weighted by atomic mass is 19.1. The number of anilines is 1. The first-order valence-corrected chi connectivity index (χ1v) is 11.0. The summed E-state index contributed by atoms with van der Waals surface area (Å²) in [7, 11) is 1.65. The van der Waals surface area contributed by atoms with Gasteiger partial charge in [0.15, 0.2) is 0 Å². The topological polar surface area (TPSA) is 79.3 Å². The summed E-state index contributed by atoms with van der Waals surface area (Å²) >= 11 is 0. The molecule has 2 heterocycles. The molecule has 0 spiro atoms. The number of hydrogen-bond donors (Lipinski definition) is 2. The molecule has 1 aliphatic heterocycles. The molecule has 2 aromatic rings. The molecule has 1 fully saturated rings. The van der Waals surface area contributed by atoms with Crippen molar-refractivity contribution in [3.8, 4) is 0 Å². The van der Waals surface area contributed by atoms with E-state index in [1.165, 1.54) is 42.1 Å². The molecule has 31 heavy (non-hydrogen) atoms. The molecule has 1 aromatic carbocycles. The molecule has 2 N–H and O–H groups in total. The van der Waals surface area contributed by atoms with Gasteiger partial charge < -0.3 is 15.5 Å². The quantitative estimate of drug-likeness (QED) is 0.473. The highest BCUT2D eigenvalue weighted by Gasteiger charge is 2.24. The highest BCUT2D eigenvalue weighted by molar-refractivity contribution is 6.14. The third-order valence-electron chi connectivity index (χ3n) is 5.85. The largest absolute Gasteiger partial charge is 0.309 e. The zero-order valence-electron chi connectivity index (χ0n) is 18.6. The Morgan fingerprint density at radius 2 is 2.03 bits per heavy atom. The van der Waals surface area contributed by atoms with Gasteiger partial charge in [-0.3, -0.25) is 14.3 Å². The molecule has 168 valence electrons. The number of amides is 1. The number of carbonyl (C=O) groups excluding carboxylic acids is 2. The number of aromatic nitrogens is 2. The first-order chi connectivity index (χ1) is 14.9. The van der Waals surface area contributed by atoms with E-state index >= 15 is 0 Å². The molecule has 0 radical (unpaired) electrons. The highest BCUT2D eigenvalue weighted by Crippen LogP contribution is 2.23. The average Bonchev–Trinajstić information content (AvgIpc) is 3.01. The van der Waals surface area contributed by atoms with Crippen molar-refractivity contribution in [3.05, 3.63) is 46.9 Å². The van der Waals surface area contributed by atoms with Crippen LogP contribution in [0, 0.1) is 12.7 Å². The fourth-order valence-corrected chi connectivity index (χ4v) is 4.13. The van der Waals surface area contributed by atoms with Gasteiger partial charge in [0.1, 0.15) is 11.6 Å². The van der Waals surface area contributed by atoms with Crippen molar-refractivity contribution in [3.63, 3.8) is 0 Å². The normalized spacial score (nSPS) is 17.0. The van der Waals surface area contributed by atoms with E-state index in [0.717, 1.165) is 26.1 Å². The summed E-state index contributed by atoms with van der Waals surface area (Å²) < 4.78 is 15.6. The molecular weight excluding hydrogens is 397 g/mol. The maximum absolute atomic E-state index is 14.1. The maximum Gasteiger partial charge on any atom is 0.239 e. The van der Waals surface area contributed by atoms with Crippen molar-refractivity contribution in [2.24, 2.45) is 7.05 Å². The van der Waals surface area contributed by atoms with Gasteiger partial charge in [-0.25, -0.2) is 4.39 Å². The summed E-state index contributed by atoms with van der Waals surface area (Å²) in [5, 5.41) is 10.2. The number of piperidine rings is 1. The lowest BCUT2D eigenvalue weighted by atomic mass is 10.0. The Hall–Kier alpha value is -2.58. The molecule has 1 aliphatic rings. The lowest BCUT2D eigenvalue weighted by Crippen LogP contribution is -2.39. The van der Waals surface area contributed by atoms with E-state index in [-0.39, 0.29) is 29.4 Å². The second-order valence-electron chi connectivity index (χ2n) is 8.20. The van der Waals surface area contributed by atoms with E-state index in [1.807, 2.05) is 0 Å². The first-order valence-electron chi connectivity index (χ1n) is 11.0. The molecule has 8 heteroatoms. The predicted octanol–water partition coefficient (Wildman–Crippen LogP) is 2.89. The van der Waals surface area contributed by atoms with Crippen LogP contribution in [0.2, 0.25) is 0 Å². The average molecular weight is 430 g/mol. The molecule has 0 unspecified atom stereocenters. The van der Waals surface area contributed by atoms with E-state index in [9.17, 15) is 14.0 Å². The van der Waals surface area contributed by atoms with Gasteiger partial charge in [0.05, 0.1) is 23.4 Å². The van der Waals surface area contributed by atoms with Gasteiger partial charge in [0.25, 0.3) is 0 Å². The number of carbonyl (C=O) groups is 2. The zero-order chi connectivity index (χ0) is 22.4. The molecule has 1 saturated heterocycles. The number of benzene rings is 1. The molecular formula is C23H32FN5O2. The van der Waals surface area contributed by atoms with Crippen LogP contribution in [0.15, 0.2) is 24.3 Å². The molecule has 1 aromatic heterocycles. The van der Waals surface area contributed by atoms with E-state index in [2.05, 4.69) is 27.6 Å². The van der Waals surface area contributed by atoms with Crippen LogP contribution in [0.25, 0.3) is 0 Å². The number of halogens is 1. The lowest BCUT2D eigenvalue weighted by molar-refractivity contribution is -0.115. The van der Waals surface area contributed by atoms with Gasteiger partial charge >= 0.3 is 0 Å². The fraction of sp³-hybridized carbons (Fsp3) is 0.522. The second-order valence-corrected chi connectivity index (χ2v) is 8.20. The van der Waals surface area contributed by atoms with Crippen LogP contribution in [0.5, 0.6) is 0 Å². The third-order valence-corrected chi connectivity index (χ3v) is 5.85. The van der Waals surface area contributed by atoms with Crippen molar-refractivity contribution in [2.45, 2.75) is 45.6 Å². The number of nitrogens with zero attached hydrogens (tertiary/aromatic N) is 3. The number of rotatable bonds is 9. The Morgan fingerprint density at radius 1 is 1.26 bits per heavy atom. The number of likely N-dealkylation sites (tertiary alicyclic amines) is 1. The first kappa shape index (κ1) is 23.1.